The number of amides is 1. The van der Waals surface area contributed by atoms with Crippen LogP contribution >= 0.6 is 0 Å². The lowest BCUT2D eigenvalue weighted by molar-refractivity contribution is 0.0894. The number of hydrogen-bond acceptors (Lipinski definition) is 4. The number of rotatable bonds is 4. The maximum atomic E-state index is 12.2. The normalized spacial score (nSPS) is 17.6. The Morgan fingerprint density at radius 1 is 1.53 bits per heavy atom. The molecule has 2 heterocycles. The lowest BCUT2D eigenvalue weighted by Crippen LogP contribution is -2.45. The Hall–Kier alpha value is -1.40. The number of aromatic nitrogens is 2. The van der Waals surface area contributed by atoms with Crippen LogP contribution in [0.2, 0.25) is 0 Å². The standard InChI is InChI=1S/C13H22N4O2/c1-10-12(16(2)9-14-10)13(19)15-11-3-5-17(6-4-11)7-8-18/h9,11,18H,3-8H2,1-2H3,(H,15,19). The first-order valence-corrected chi connectivity index (χ1v) is 6.74. The van der Waals surface area contributed by atoms with Crippen molar-refractivity contribution in [3.63, 3.8) is 0 Å². The van der Waals surface area contributed by atoms with Crippen LogP contribution < -0.4 is 5.32 Å². The number of likely N-dealkylation sites (tertiary alicyclic amines) is 1. The number of piperidine rings is 1. The summed E-state index contributed by atoms with van der Waals surface area (Å²) in [7, 11) is 1.83. The molecular weight excluding hydrogens is 244 g/mol. The molecule has 0 radical (unpaired) electrons. The number of nitrogens with zero attached hydrogens (tertiary/aromatic N) is 3. The van der Waals surface area contributed by atoms with Crippen LogP contribution in [0.15, 0.2) is 6.33 Å². The number of nitrogens with one attached hydrogen (secondary N) is 1. The summed E-state index contributed by atoms with van der Waals surface area (Å²) in [6, 6.07) is 0.219. The Morgan fingerprint density at radius 2 is 2.21 bits per heavy atom. The van der Waals surface area contributed by atoms with Crippen LogP contribution in [0.5, 0.6) is 0 Å². The summed E-state index contributed by atoms with van der Waals surface area (Å²) in [5.74, 6) is -0.0434. The van der Waals surface area contributed by atoms with Crippen LogP contribution in [0, 0.1) is 6.92 Å². The molecule has 0 aliphatic carbocycles. The van der Waals surface area contributed by atoms with Crippen molar-refractivity contribution in [1.82, 2.24) is 19.8 Å². The van der Waals surface area contributed by atoms with Crippen LogP contribution in [0.1, 0.15) is 29.0 Å². The van der Waals surface area contributed by atoms with Gasteiger partial charge in [-0.2, -0.15) is 0 Å². The smallest absolute Gasteiger partial charge is 0.270 e. The summed E-state index contributed by atoms with van der Waals surface area (Å²) in [6.07, 6.45) is 3.53. The van der Waals surface area contributed by atoms with Gasteiger partial charge in [-0.15, -0.1) is 0 Å². The Labute approximate surface area is 113 Å². The Kier molecular flexibility index (Phi) is 4.55. The van der Waals surface area contributed by atoms with Gasteiger partial charge < -0.3 is 19.9 Å². The van der Waals surface area contributed by atoms with E-state index >= 15 is 0 Å². The van der Waals surface area contributed by atoms with Crippen molar-refractivity contribution in [3.8, 4) is 0 Å². The molecular formula is C13H22N4O2. The molecule has 2 rings (SSSR count). The molecule has 1 fully saturated rings. The highest BCUT2D eigenvalue weighted by atomic mass is 16.3. The van der Waals surface area contributed by atoms with E-state index in [-0.39, 0.29) is 18.6 Å². The Morgan fingerprint density at radius 3 is 2.74 bits per heavy atom. The molecule has 106 valence electrons. The highest BCUT2D eigenvalue weighted by Gasteiger charge is 2.22. The molecule has 0 saturated carbocycles. The van der Waals surface area contributed by atoms with Gasteiger partial charge in [-0.1, -0.05) is 0 Å². The first-order chi connectivity index (χ1) is 9.11. The maximum absolute atomic E-state index is 12.2. The van der Waals surface area contributed by atoms with Gasteiger partial charge in [-0.25, -0.2) is 4.98 Å². The van der Waals surface area contributed by atoms with Crippen LogP contribution in [-0.2, 0) is 7.05 Å². The van der Waals surface area contributed by atoms with Gasteiger partial charge in [0.25, 0.3) is 5.91 Å². The zero-order chi connectivity index (χ0) is 13.8. The second-order valence-corrected chi connectivity index (χ2v) is 5.10. The summed E-state index contributed by atoms with van der Waals surface area (Å²) in [5, 5.41) is 12.0. The highest BCUT2D eigenvalue weighted by Crippen LogP contribution is 2.11. The fourth-order valence-corrected chi connectivity index (χ4v) is 2.57. The van der Waals surface area contributed by atoms with Gasteiger partial charge in [0.1, 0.15) is 5.69 Å². The predicted molar refractivity (Wildman–Crippen MR) is 72.0 cm³/mol. The number of β-amino-alcohol motifs (C(OH)–C–C–N with tert-alkyl or cyclic N) is 1. The van der Waals surface area contributed by atoms with Crippen LogP contribution in [-0.4, -0.2) is 57.7 Å². The molecule has 0 unspecified atom stereocenters. The molecule has 1 aliphatic heterocycles. The zero-order valence-electron chi connectivity index (χ0n) is 11.6. The molecule has 0 spiro atoms. The Bertz CT molecular complexity index is 416. The van der Waals surface area contributed by atoms with Crippen molar-refractivity contribution in [1.29, 1.82) is 0 Å². The van der Waals surface area contributed by atoms with Crippen molar-refractivity contribution in [3.05, 3.63) is 17.7 Å². The fraction of sp³-hybridized carbons (Fsp3) is 0.692. The molecule has 2 N–H and O–H groups in total. The van der Waals surface area contributed by atoms with Gasteiger partial charge >= 0.3 is 0 Å². The number of imidazole rings is 1. The van der Waals surface area contributed by atoms with E-state index in [2.05, 4.69) is 15.2 Å². The van der Waals surface area contributed by atoms with E-state index in [1.54, 1.807) is 10.9 Å². The van der Waals surface area contributed by atoms with Crippen LogP contribution in [0.3, 0.4) is 0 Å². The second kappa shape index (κ2) is 6.16. The molecule has 19 heavy (non-hydrogen) atoms. The van der Waals surface area contributed by atoms with Crippen molar-refractivity contribution in [2.24, 2.45) is 7.05 Å². The van der Waals surface area contributed by atoms with Gasteiger partial charge in [0, 0.05) is 32.7 Å². The minimum absolute atomic E-state index is 0.0434. The molecule has 1 amide bonds. The van der Waals surface area contributed by atoms with Gasteiger partial charge in [0.05, 0.1) is 18.6 Å². The first kappa shape index (κ1) is 14.0. The summed E-state index contributed by atoms with van der Waals surface area (Å²) in [6.45, 7) is 4.62. The summed E-state index contributed by atoms with van der Waals surface area (Å²) in [4.78, 5) is 18.6. The zero-order valence-corrected chi connectivity index (χ0v) is 11.6. The second-order valence-electron chi connectivity index (χ2n) is 5.10. The third kappa shape index (κ3) is 3.33. The molecule has 0 bridgehead atoms. The minimum atomic E-state index is -0.0434. The monoisotopic (exact) mass is 266 g/mol. The van der Waals surface area contributed by atoms with E-state index in [9.17, 15) is 4.79 Å². The van der Waals surface area contributed by atoms with Gasteiger partial charge in [-0.05, 0) is 19.8 Å². The number of carbonyl (C=O) groups is 1. The molecule has 1 saturated heterocycles. The van der Waals surface area contributed by atoms with E-state index in [0.29, 0.717) is 5.69 Å². The summed E-state index contributed by atoms with van der Waals surface area (Å²) < 4.78 is 1.76. The van der Waals surface area contributed by atoms with Crippen LogP contribution in [0.25, 0.3) is 0 Å². The van der Waals surface area contributed by atoms with Crippen molar-refractivity contribution in [2.45, 2.75) is 25.8 Å². The number of hydrogen-bond donors (Lipinski definition) is 2. The molecule has 6 heteroatoms. The van der Waals surface area contributed by atoms with Crippen molar-refractivity contribution < 1.29 is 9.90 Å². The quantitative estimate of drug-likeness (QED) is 0.799. The minimum Gasteiger partial charge on any atom is -0.395 e. The van der Waals surface area contributed by atoms with E-state index < -0.39 is 0 Å². The average Bonchev–Trinajstić information content (AvgIpc) is 2.72. The van der Waals surface area contributed by atoms with Gasteiger partial charge in [-0.3, -0.25) is 4.79 Å². The topological polar surface area (TPSA) is 70.4 Å². The van der Waals surface area contributed by atoms with E-state index in [1.165, 1.54) is 0 Å². The third-order valence-corrected chi connectivity index (χ3v) is 3.67. The molecule has 1 aromatic rings. The average molecular weight is 266 g/mol. The van der Waals surface area contributed by atoms with Gasteiger partial charge in [0.15, 0.2) is 0 Å². The van der Waals surface area contributed by atoms with E-state index in [0.717, 1.165) is 38.2 Å². The van der Waals surface area contributed by atoms with Crippen LogP contribution in [0.4, 0.5) is 0 Å². The lowest BCUT2D eigenvalue weighted by Gasteiger charge is -2.31. The highest BCUT2D eigenvalue weighted by molar-refractivity contribution is 5.93. The SMILES string of the molecule is Cc1ncn(C)c1C(=O)NC1CCN(CCO)CC1. The van der Waals surface area contributed by atoms with Gasteiger partial charge in [0.2, 0.25) is 0 Å². The molecule has 0 atom stereocenters. The maximum Gasteiger partial charge on any atom is 0.270 e. The first-order valence-electron chi connectivity index (χ1n) is 6.74. The third-order valence-electron chi connectivity index (χ3n) is 3.67. The molecule has 1 aromatic heterocycles. The fourth-order valence-electron chi connectivity index (χ4n) is 2.57. The number of carbonyl (C=O) groups excluding carboxylic acids is 1. The number of aliphatic hydroxyl groups is 1. The lowest BCUT2D eigenvalue weighted by atomic mass is 10.0. The van der Waals surface area contributed by atoms with Crippen molar-refractivity contribution in [2.75, 3.05) is 26.2 Å². The molecule has 6 nitrogen and oxygen atoms in total. The number of aryl methyl sites for hydroxylation is 2. The molecule has 0 aromatic carbocycles. The summed E-state index contributed by atoms with van der Waals surface area (Å²) in [5.41, 5.74) is 1.40. The summed E-state index contributed by atoms with van der Waals surface area (Å²) >= 11 is 0. The Balaban J connectivity index is 1.88. The predicted octanol–water partition coefficient (Wildman–Crippen LogP) is -0.0850. The molecule has 1 aliphatic rings. The van der Waals surface area contributed by atoms with Crippen molar-refractivity contribution >= 4 is 5.91 Å². The van der Waals surface area contributed by atoms with E-state index in [1.807, 2.05) is 14.0 Å². The number of aliphatic hydroxyl groups excluding tert-OH is 1. The largest absolute Gasteiger partial charge is 0.395 e. The van der Waals surface area contributed by atoms with E-state index in [4.69, 9.17) is 5.11 Å².